The van der Waals surface area contributed by atoms with E-state index < -0.39 is 6.09 Å². The highest BCUT2D eigenvalue weighted by atomic mass is 35.5. The van der Waals surface area contributed by atoms with Crippen molar-refractivity contribution in [1.82, 2.24) is 19.4 Å². The number of aromatic nitrogens is 2. The molecule has 1 aliphatic carbocycles. The zero-order valence-electron chi connectivity index (χ0n) is 23.5. The van der Waals surface area contributed by atoms with Crippen molar-refractivity contribution in [3.05, 3.63) is 39.5 Å². The minimum absolute atomic E-state index is 0.313. The van der Waals surface area contributed by atoms with Gasteiger partial charge in [0.05, 0.1) is 21.9 Å². The molecule has 0 bridgehead atoms. The summed E-state index contributed by atoms with van der Waals surface area (Å²) >= 11 is 8.60. The van der Waals surface area contributed by atoms with Crippen LogP contribution in [0.25, 0.3) is 10.9 Å². The van der Waals surface area contributed by atoms with Gasteiger partial charge in [-0.1, -0.05) is 39.3 Å². The second-order valence-electron chi connectivity index (χ2n) is 11.9. The molecule has 2 aromatic heterocycles. The fourth-order valence-electron chi connectivity index (χ4n) is 6.17. The summed E-state index contributed by atoms with van der Waals surface area (Å²) in [6.45, 7) is 15.4. The first-order valence-corrected chi connectivity index (χ1v) is 15.3. The highest BCUT2D eigenvalue weighted by molar-refractivity contribution is 7.15. The topological polar surface area (TPSA) is 90.9 Å². The van der Waals surface area contributed by atoms with E-state index in [2.05, 4.69) is 26.6 Å². The van der Waals surface area contributed by atoms with Gasteiger partial charge in [0.2, 0.25) is 0 Å². The number of aryl methyl sites for hydroxylation is 1. The molecule has 1 saturated heterocycles. The van der Waals surface area contributed by atoms with E-state index in [1.165, 1.54) is 15.1 Å². The maximum absolute atomic E-state index is 12.1. The molecule has 1 aliphatic heterocycles. The maximum Gasteiger partial charge on any atom is 0.416 e. The zero-order chi connectivity index (χ0) is 27.9. The molecule has 8 nitrogen and oxygen atoms in total. The van der Waals surface area contributed by atoms with Crippen molar-refractivity contribution in [2.24, 2.45) is 0 Å². The maximum atomic E-state index is 12.1. The minimum Gasteiger partial charge on any atom is -0.464 e. The number of carboxylic acid groups (broad SMARTS) is 1. The number of nitrogens with zero attached hydrogens (tertiary/aromatic N) is 5. The van der Waals surface area contributed by atoms with Gasteiger partial charge in [-0.3, -0.25) is 9.80 Å². The molecule has 3 N–H and O–H groups in total. The zero-order valence-corrected chi connectivity index (χ0v) is 25.1. The van der Waals surface area contributed by atoms with Crippen molar-refractivity contribution in [2.45, 2.75) is 64.8 Å². The molecule has 5 rings (SSSR count). The molecule has 3 aromatic rings. The standard InChI is InChI=1S/C29H41ClN6O2S/c1-5-10-34(19-6-7-21-24(17-19)39-27(31)32-21)14-11-33-12-15-35(16-13-33)23-9-8-22-20(26(23)30)18-25(29(2,3)4)36(22)28(37)38/h8-9,18-19H,5-7,10-17H2,1-4H3,(H2,31,32)(H,37,38). The van der Waals surface area contributed by atoms with Crippen LogP contribution in [-0.4, -0.2) is 82.4 Å². The van der Waals surface area contributed by atoms with Crippen LogP contribution in [0.1, 0.15) is 56.8 Å². The Morgan fingerprint density at radius 2 is 1.97 bits per heavy atom. The molecule has 1 unspecified atom stereocenters. The largest absolute Gasteiger partial charge is 0.464 e. The second kappa shape index (κ2) is 11.3. The van der Waals surface area contributed by atoms with E-state index in [0.29, 0.717) is 21.7 Å². The summed E-state index contributed by atoms with van der Waals surface area (Å²) in [5.41, 5.74) is 9.25. The van der Waals surface area contributed by atoms with Gasteiger partial charge in [-0.2, -0.15) is 0 Å². The Labute approximate surface area is 240 Å². The van der Waals surface area contributed by atoms with Gasteiger partial charge >= 0.3 is 6.09 Å². The lowest BCUT2D eigenvalue weighted by atomic mass is 9.92. The number of benzene rings is 1. The lowest BCUT2D eigenvalue weighted by Gasteiger charge is -2.39. The summed E-state index contributed by atoms with van der Waals surface area (Å²) in [5, 5.41) is 12.0. The van der Waals surface area contributed by atoms with Crippen molar-refractivity contribution < 1.29 is 9.90 Å². The highest BCUT2D eigenvalue weighted by Gasteiger charge is 2.29. The van der Waals surface area contributed by atoms with Gasteiger partial charge in [0.25, 0.3) is 0 Å². The molecular weight excluding hydrogens is 532 g/mol. The number of fused-ring (bicyclic) bond motifs is 2. The van der Waals surface area contributed by atoms with Gasteiger partial charge in [0.1, 0.15) is 0 Å². The summed E-state index contributed by atoms with van der Waals surface area (Å²) in [4.78, 5) is 25.5. The first-order chi connectivity index (χ1) is 18.6. The number of nitrogen functional groups attached to an aromatic ring is 1. The van der Waals surface area contributed by atoms with E-state index in [1.807, 2.05) is 39.0 Å². The van der Waals surface area contributed by atoms with Gasteiger partial charge in [-0.05, 0) is 50.4 Å². The number of anilines is 2. The van der Waals surface area contributed by atoms with Gasteiger partial charge in [0, 0.05) is 66.7 Å². The lowest BCUT2D eigenvalue weighted by molar-refractivity contribution is 0.146. The van der Waals surface area contributed by atoms with Crippen molar-refractivity contribution >= 4 is 50.8 Å². The van der Waals surface area contributed by atoms with Gasteiger partial charge < -0.3 is 15.7 Å². The van der Waals surface area contributed by atoms with Crippen LogP contribution in [0, 0.1) is 0 Å². The van der Waals surface area contributed by atoms with Crippen LogP contribution in [0.2, 0.25) is 5.02 Å². The Morgan fingerprint density at radius 1 is 1.23 bits per heavy atom. The van der Waals surface area contributed by atoms with Gasteiger partial charge in [0.15, 0.2) is 5.13 Å². The van der Waals surface area contributed by atoms with Crippen LogP contribution in [0.5, 0.6) is 0 Å². The molecular formula is C29H41ClN6O2S. The smallest absolute Gasteiger partial charge is 0.416 e. The third-order valence-corrected chi connectivity index (χ3v) is 9.58. The first-order valence-electron chi connectivity index (χ1n) is 14.1. The predicted octanol–water partition coefficient (Wildman–Crippen LogP) is 5.55. The van der Waals surface area contributed by atoms with Crippen LogP contribution in [0.15, 0.2) is 18.2 Å². The molecule has 1 fully saturated rings. The Balaban J connectivity index is 1.22. The van der Waals surface area contributed by atoms with E-state index in [1.54, 1.807) is 11.3 Å². The number of hydrogen-bond donors (Lipinski definition) is 2. The van der Waals surface area contributed by atoms with Crippen molar-refractivity contribution in [3.8, 4) is 0 Å². The van der Waals surface area contributed by atoms with Crippen molar-refractivity contribution in [3.63, 3.8) is 0 Å². The minimum atomic E-state index is -0.977. The van der Waals surface area contributed by atoms with Crippen LogP contribution in [-0.2, 0) is 18.3 Å². The predicted molar refractivity (Wildman–Crippen MR) is 162 cm³/mol. The van der Waals surface area contributed by atoms with Crippen LogP contribution in [0.3, 0.4) is 0 Å². The summed E-state index contributed by atoms with van der Waals surface area (Å²) in [6, 6.07) is 6.41. The number of piperazine rings is 1. The number of carbonyl (C=O) groups is 1. The van der Waals surface area contributed by atoms with Crippen LogP contribution < -0.4 is 10.6 Å². The van der Waals surface area contributed by atoms with Gasteiger partial charge in [-0.25, -0.2) is 14.3 Å². The molecule has 39 heavy (non-hydrogen) atoms. The third-order valence-electron chi connectivity index (χ3n) is 8.23. The second-order valence-corrected chi connectivity index (χ2v) is 13.4. The van der Waals surface area contributed by atoms with Crippen LogP contribution >= 0.6 is 22.9 Å². The summed E-state index contributed by atoms with van der Waals surface area (Å²) in [6.07, 6.45) is 3.44. The number of thiazole rings is 1. The molecule has 10 heteroatoms. The van der Waals surface area contributed by atoms with E-state index in [-0.39, 0.29) is 5.41 Å². The molecule has 212 valence electrons. The van der Waals surface area contributed by atoms with Gasteiger partial charge in [-0.15, -0.1) is 11.3 Å². The molecule has 1 atom stereocenters. The monoisotopic (exact) mass is 572 g/mol. The summed E-state index contributed by atoms with van der Waals surface area (Å²) < 4.78 is 1.38. The van der Waals surface area contributed by atoms with Crippen LogP contribution in [0.4, 0.5) is 15.6 Å². The summed E-state index contributed by atoms with van der Waals surface area (Å²) in [5.74, 6) is 0. The Hall–Kier alpha value is -2.33. The lowest BCUT2D eigenvalue weighted by Crippen LogP contribution is -2.50. The molecule has 1 aromatic carbocycles. The van der Waals surface area contributed by atoms with E-state index in [0.717, 1.165) is 88.3 Å². The Bertz CT molecular complexity index is 1340. The number of rotatable bonds is 7. The Kier molecular flexibility index (Phi) is 8.15. The first kappa shape index (κ1) is 28.2. The summed E-state index contributed by atoms with van der Waals surface area (Å²) in [7, 11) is 0. The quantitative estimate of drug-likeness (QED) is 0.383. The molecule has 0 saturated carbocycles. The SMILES string of the molecule is CCCN(CCN1CCN(c2ccc3c(cc(C(C)(C)C)n3C(=O)O)c2Cl)CC1)C1CCc2nc(N)sc2C1. The fraction of sp³-hybridized carbons (Fsp3) is 0.586. The van der Waals surface area contributed by atoms with E-state index >= 15 is 0 Å². The number of nitrogens with two attached hydrogens (primary N) is 1. The average molecular weight is 573 g/mol. The Morgan fingerprint density at radius 3 is 2.64 bits per heavy atom. The molecule has 2 aliphatic rings. The molecule has 0 amide bonds. The highest BCUT2D eigenvalue weighted by Crippen LogP contribution is 2.38. The molecule has 0 spiro atoms. The van der Waals surface area contributed by atoms with Crippen molar-refractivity contribution in [2.75, 3.05) is 56.4 Å². The molecule has 3 heterocycles. The van der Waals surface area contributed by atoms with E-state index in [9.17, 15) is 9.90 Å². The molecule has 0 radical (unpaired) electrons. The fourth-order valence-corrected chi connectivity index (χ4v) is 7.46. The number of hydrogen-bond acceptors (Lipinski definition) is 7. The van der Waals surface area contributed by atoms with Crippen molar-refractivity contribution in [1.29, 1.82) is 0 Å². The van der Waals surface area contributed by atoms with E-state index in [4.69, 9.17) is 17.3 Å². The normalized spacial score (nSPS) is 18.7. The number of halogens is 1. The average Bonchev–Trinajstić information content (AvgIpc) is 3.47. The third kappa shape index (κ3) is 5.78.